The predicted octanol–water partition coefficient (Wildman–Crippen LogP) is 8.11. The minimum atomic E-state index is -0.115. The highest BCUT2D eigenvalue weighted by molar-refractivity contribution is 5.49. The number of aliphatic hydroxyl groups excluding tert-OH is 1. The first-order valence-corrected chi connectivity index (χ1v) is 13.2. The van der Waals surface area contributed by atoms with E-state index < -0.39 is 0 Å². The number of rotatable bonds is 5. The highest BCUT2D eigenvalue weighted by atomic mass is 16.3. The molecular formula is C30H48O. The van der Waals surface area contributed by atoms with E-state index in [1.54, 1.807) is 11.1 Å². The zero-order valence-electron chi connectivity index (χ0n) is 21.4. The zero-order chi connectivity index (χ0) is 22.8. The summed E-state index contributed by atoms with van der Waals surface area (Å²) in [5, 5.41) is 10.5. The van der Waals surface area contributed by atoms with Crippen molar-refractivity contribution in [2.75, 3.05) is 0 Å². The maximum absolute atomic E-state index is 10.5. The topological polar surface area (TPSA) is 20.2 Å². The van der Waals surface area contributed by atoms with E-state index in [1.807, 2.05) is 0 Å². The average molecular weight is 425 g/mol. The van der Waals surface area contributed by atoms with Crippen molar-refractivity contribution in [3.8, 4) is 0 Å². The molecule has 1 nitrogen and oxygen atoms in total. The summed E-state index contributed by atoms with van der Waals surface area (Å²) in [5.41, 5.74) is 5.72. The summed E-state index contributed by atoms with van der Waals surface area (Å²) in [4.78, 5) is 0. The van der Waals surface area contributed by atoms with E-state index in [0.717, 1.165) is 31.1 Å². The van der Waals surface area contributed by atoms with Crippen LogP contribution in [0, 0.1) is 45.8 Å². The monoisotopic (exact) mass is 424 g/mol. The fraction of sp³-hybridized carbons (Fsp3) is 0.800. The number of hydrogen-bond acceptors (Lipinski definition) is 1. The molecule has 4 aliphatic carbocycles. The van der Waals surface area contributed by atoms with Crippen LogP contribution >= 0.6 is 0 Å². The minimum Gasteiger partial charge on any atom is -0.393 e. The Morgan fingerprint density at radius 1 is 1.10 bits per heavy atom. The molecule has 0 aromatic heterocycles. The van der Waals surface area contributed by atoms with Gasteiger partial charge in [0.1, 0.15) is 0 Å². The summed E-state index contributed by atoms with van der Waals surface area (Å²) >= 11 is 0. The number of hydrogen-bond donors (Lipinski definition) is 1. The third kappa shape index (κ3) is 3.35. The van der Waals surface area contributed by atoms with Gasteiger partial charge in [0.05, 0.1) is 6.10 Å². The maximum atomic E-state index is 10.5. The van der Waals surface area contributed by atoms with Gasteiger partial charge in [0.2, 0.25) is 0 Å². The molecule has 0 bridgehead atoms. The number of allylic oxidation sites excluding steroid dienone is 5. The average Bonchev–Trinajstić information content (AvgIpc) is 3.00. The van der Waals surface area contributed by atoms with Crippen LogP contribution in [0.1, 0.15) is 99.8 Å². The van der Waals surface area contributed by atoms with Crippen LogP contribution in [0.25, 0.3) is 0 Å². The van der Waals surface area contributed by atoms with Crippen molar-refractivity contribution < 1.29 is 5.11 Å². The minimum absolute atomic E-state index is 0.115. The van der Waals surface area contributed by atoms with Crippen molar-refractivity contribution in [1.29, 1.82) is 0 Å². The highest BCUT2D eigenvalue weighted by Gasteiger charge is 2.61. The molecular weight excluding hydrogens is 376 g/mol. The quantitative estimate of drug-likeness (QED) is 0.442. The third-order valence-electron chi connectivity index (χ3n) is 11.3. The summed E-state index contributed by atoms with van der Waals surface area (Å²) in [6.45, 7) is 21.5. The van der Waals surface area contributed by atoms with Gasteiger partial charge < -0.3 is 5.11 Å². The standard InChI is InChI=1S/C30H48O/c1-19(2)20(3)9-10-21(4)23-13-17-30(8)26-12-11-24-22(5)27(31)15-16-28(24,6)25(26)14-18-29(23,30)7/h12,14,19,21-24,27,31H,3,9-11,13,15-18H2,1-2,4-8H3/t21-,22+,23-,24+,27+,28+,29-,30+/m1/s1. The molecule has 8 atom stereocenters. The van der Waals surface area contributed by atoms with Gasteiger partial charge in [-0.1, -0.05) is 72.8 Å². The van der Waals surface area contributed by atoms with Gasteiger partial charge in [-0.05, 0) is 108 Å². The number of aliphatic hydroxyl groups is 1. The molecule has 0 aromatic rings. The molecule has 0 aliphatic heterocycles. The molecule has 2 saturated carbocycles. The van der Waals surface area contributed by atoms with Crippen molar-refractivity contribution in [2.24, 2.45) is 45.8 Å². The Morgan fingerprint density at radius 3 is 2.48 bits per heavy atom. The highest BCUT2D eigenvalue weighted by Crippen LogP contribution is 2.70. The van der Waals surface area contributed by atoms with Crippen molar-refractivity contribution in [3.63, 3.8) is 0 Å². The van der Waals surface area contributed by atoms with E-state index in [0.29, 0.717) is 28.6 Å². The van der Waals surface area contributed by atoms with Gasteiger partial charge in [-0.3, -0.25) is 0 Å². The van der Waals surface area contributed by atoms with Gasteiger partial charge in [0.15, 0.2) is 0 Å². The lowest BCUT2D eigenvalue weighted by Gasteiger charge is -2.58. The van der Waals surface area contributed by atoms with Gasteiger partial charge in [0, 0.05) is 0 Å². The molecule has 0 aromatic carbocycles. The summed E-state index contributed by atoms with van der Waals surface area (Å²) in [6.07, 6.45) is 14.9. The molecule has 1 N–H and O–H groups in total. The Labute approximate surface area is 192 Å². The van der Waals surface area contributed by atoms with Crippen LogP contribution in [-0.2, 0) is 0 Å². The van der Waals surface area contributed by atoms with Crippen molar-refractivity contribution in [1.82, 2.24) is 0 Å². The molecule has 31 heavy (non-hydrogen) atoms. The lowest BCUT2D eigenvalue weighted by molar-refractivity contribution is -0.0246. The Balaban J connectivity index is 1.61. The van der Waals surface area contributed by atoms with Crippen molar-refractivity contribution in [3.05, 3.63) is 35.5 Å². The Morgan fingerprint density at radius 2 is 1.81 bits per heavy atom. The van der Waals surface area contributed by atoms with Crippen LogP contribution in [0.3, 0.4) is 0 Å². The second kappa shape index (κ2) is 7.89. The second-order valence-electron chi connectivity index (χ2n) is 12.9. The Kier molecular flexibility index (Phi) is 5.94. The summed E-state index contributed by atoms with van der Waals surface area (Å²) in [7, 11) is 0. The van der Waals surface area contributed by atoms with E-state index >= 15 is 0 Å². The predicted molar refractivity (Wildman–Crippen MR) is 133 cm³/mol. The molecule has 0 spiro atoms. The Bertz CT molecular complexity index is 786. The van der Waals surface area contributed by atoms with Crippen molar-refractivity contribution in [2.45, 2.75) is 106 Å². The fourth-order valence-electron chi connectivity index (χ4n) is 8.49. The van der Waals surface area contributed by atoms with Gasteiger partial charge in [0.25, 0.3) is 0 Å². The third-order valence-corrected chi connectivity index (χ3v) is 11.3. The summed E-state index contributed by atoms with van der Waals surface area (Å²) in [5.74, 6) is 3.17. The van der Waals surface area contributed by atoms with Gasteiger partial charge in [-0.2, -0.15) is 0 Å². The molecule has 174 valence electrons. The van der Waals surface area contributed by atoms with Crippen LogP contribution in [0.2, 0.25) is 0 Å². The van der Waals surface area contributed by atoms with Gasteiger partial charge in [-0.15, -0.1) is 0 Å². The lowest BCUT2D eigenvalue weighted by Crippen LogP contribution is -2.50. The molecule has 0 saturated heterocycles. The first kappa shape index (κ1) is 23.3. The zero-order valence-corrected chi connectivity index (χ0v) is 21.4. The molecule has 4 rings (SSSR count). The summed E-state index contributed by atoms with van der Waals surface area (Å²) in [6, 6.07) is 0. The Hall–Kier alpha value is -0.820. The molecule has 0 amide bonds. The molecule has 2 fully saturated rings. The maximum Gasteiger partial charge on any atom is 0.0569 e. The van der Waals surface area contributed by atoms with E-state index in [-0.39, 0.29) is 11.5 Å². The normalized spacial score (nSPS) is 45.3. The van der Waals surface area contributed by atoms with Crippen LogP contribution in [-0.4, -0.2) is 11.2 Å². The SMILES string of the molecule is C=C(CC[C@@H](C)[C@H]1CC[C@@]2(C)C3=CC[C@H]4[C@H](C)[C@@H](O)CC[C@]4(C)C3=CC[C@]12C)C(C)C. The lowest BCUT2D eigenvalue weighted by atomic mass is 9.46. The van der Waals surface area contributed by atoms with Crippen molar-refractivity contribution >= 4 is 0 Å². The van der Waals surface area contributed by atoms with Crippen LogP contribution < -0.4 is 0 Å². The molecule has 0 radical (unpaired) electrons. The van der Waals surface area contributed by atoms with Crippen LogP contribution in [0.5, 0.6) is 0 Å². The largest absolute Gasteiger partial charge is 0.393 e. The van der Waals surface area contributed by atoms with Crippen LogP contribution in [0.4, 0.5) is 0 Å². The van der Waals surface area contributed by atoms with E-state index in [4.69, 9.17) is 0 Å². The van der Waals surface area contributed by atoms with E-state index in [1.165, 1.54) is 37.7 Å². The van der Waals surface area contributed by atoms with E-state index in [9.17, 15) is 5.11 Å². The molecule has 0 heterocycles. The first-order valence-electron chi connectivity index (χ1n) is 13.2. The summed E-state index contributed by atoms with van der Waals surface area (Å²) < 4.78 is 0. The van der Waals surface area contributed by atoms with E-state index in [2.05, 4.69) is 67.2 Å². The van der Waals surface area contributed by atoms with Crippen LogP contribution in [0.15, 0.2) is 35.5 Å². The van der Waals surface area contributed by atoms with Gasteiger partial charge >= 0.3 is 0 Å². The molecule has 4 aliphatic rings. The second-order valence-corrected chi connectivity index (χ2v) is 12.9. The number of fused-ring (bicyclic) bond motifs is 5. The molecule has 1 heteroatoms. The van der Waals surface area contributed by atoms with Gasteiger partial charge in [-0.25, -0.2) is 0 Å². The fourth-order valence-corrected chi connectivity index (χ4v) is 8.49. The smallest absolute Gasteiger partial charge is 0.0569 e. The first-order chi connectivity index (χ1) is 14.5. The molecule has 0 unspecified atom stereocenters.